The molecule has 0 bridgehead atoms. The molecule has 0 spiro atoms. The summed E-state index contributed by atoms with van der Waals surface area (Å²) in [6, 6.07) is 5.84. The van der Waals surface area contributed by atoms with E-state index in [-0.39, 0.29) is 5.91 Å². The van der Waals surface area contributed by atoms with Gasteiger partial charge in [-0.25, -0.2) is 0 Å². The van der Waals surface area contributed by atoms with Gasteiger partial charge in [-0.15, -0.1) is 12.6 Å². The molecular formula is C10H10BrNOS. The number of thiol groups is 1. The summed E-state index contributed by atoms with van der Waals surface area (Å²) < 4.78 is 0.936. The van der Waals surface area contributed by atoms with Crippen LogP contribution in [0.2, 0.25) is 0 Å². The van der Waals surface area contributed by atoms with Crippen LogP contribution in [-0.2, 0) is 0 Å². The lowest BCUT2D eigenvalue weighted by atomic mass is 10.2. The third kappa shape index (κ3) is 2.30. The number of rotatable bonds is 2. The molecule has 1 aliphatic carbocycles. The summed E-state index contributed by atoms with van der Waals surface area (Å²) in [7, 11) is 0. The Morgan fingerprint density at radius 3 is 2.79 bits per heavy atom. The van der Waals surface area contributed by atoms with Crippen LogP contribution in [0.25, 0.3) is 0 Å². The third-order valence-electron chi connectivity index (χ3n) is 2.12. The number of hydrogen-bond acceptors (Lipinski definition) is 2. The van der Waals surface area contributed by atoms with Crippen molar-refractivity contribution in [1.29, 1.82) is 0 Å². The molecule has 74 valence electrons. The van der Waals surface area contributed by atoms with Gasteiger partial charge in [0.15, 0.2) is 0 Å². The standard InChI is InChI=1S/C10H10BrNOS/c11-6-1-4-8(9(14)5-6)10(13)12-7-2-3-7/h1,4-5,7,14H,2-3H2,(H,12,13). The summed E-state index contributed by atoms with van der Waals surface area (Å²) in [4.78, 5) is 12.4. The maximum absolute atomic E-state index is 11.7. The van der Waals surface area contributed by atoms with E-state index >= 15 is 0 Å². The first-order chi connectivity index (χ1) is 6.66. The van der Waals surface area contributed by atoms with E-state index < -0.39 is 0 Å². The first kappa shape index (κ1) is 10.1. The molecule has 2 nitrogen and oxygen atoms in total. The van der Waals surface area contributed by atoms with Gasteiger partial charge in [-0.2, -0.15) is 0 Å². The molecule has 1 aliphatic rings. The minimum Gasteiger partial charge on any atom is -0.349 e. The van der Waals surface area contributed by atoms with Crippen LogP contribution in [0.3, 0.4) is 0 Å². The van der Waals surface area contributed by atoms with Gasteiger partial charge in [0.25, 0.3) is 5.91 Å². The highest BCUT2D eigenvalue weighted by molar-refractivity contribution is 9.10. The number of carbonyl (C=O) groups excluding carboxylic acids is 1. The molecule has 1 N–H and O–H groups in total. The monoisotopic (exact) mass is 271 g/mol. The van der Waals surface area contributed by atoms with Crippen LogP contribution in [0, 0.1) is 0 Å². The number of nitrogens with one attached hydrogen (secondary N) is 1. The molecule has 1 saturated carbocycles. The zero-order valence-corrected chi connectivity index (χ0v) is 9.94. The molecule has 4 heteroatoms. The van der Waals surface area contributed by atoms with E-state index in [1.165, 1.54) is 0 Å². The van der Waals surface area contributed by atoms with E-state index in [9.17, 15) is 4.79 Å². The Balaban J connectivity index is 2.17. The maximum Gasteiger partial charge on any atom is 0.252 e. The van der Waals surface area contributed by atoms with Crippen LogP contribution in [0.15, 0.2) is 27.6 Å². The molecule has 1 amide bonds. The predicted molar refractivity (Wildman–Crippen MR) is 61.9 cm³/mol. The van der Waals surface area contributed by atoms with Crippen molar-refractivity contribution in [3.63, 3.8) is 0 Å². The first-order valence-corrected chi connectivity index (χ1v) is 5.70. The van der Waals surface area contributed by atoms with Crippen LogP contribution in [0.4, 0.5) is 0 Å². The molecule has 0 aliphatic heterocycles. The Morgan fingerprint density at radius 1 is 1.50 bits per heavy atom. The minimum absolute atomic E-state index is 0.0231. The Morgan fingerprint density at radius 2 is 2.21 bits per heavy atom. The van der Waals surface area contributed by atoms with E-state index in [1.54, 1.807) is 6.07 Å². The van der Waals surface area contributed by atoms with Crippen LogP contribution < -0.4 is 5.32 Å². The van der Waals surface area contributed by atoms with E-state index in [0.717, 1.165) is 17.3 Å². The number of carbonyl (C=O) groups is 1. The van der Waals surface area contributed by atoms with E-state index in [1.807, 2.05) is 12.1 Å². The zero-order valence-electron chi connectivity index (χ0n) is 7.46. The fraction of sp³-hybridized carbons (Fsp3) is 0.300. The van der Waals surface area contributed by atoms with Gasteiger partial charge in [0.2, 0.25) is 0 Å². The second-order valence-corrected chi connectivity index (χ2v) is 4.81. The lowest BCUT2D eigenvalue weighted by molar-refractivity contribution is 0.0948. The summed E-state index contributed by atoms with van der Waals surface area (Å²) in [6.07, 6.45) is 2.20. The predicted octanol–water partition coefficient (Wildman–Crippen LogP) is 2.63. The van der Waals surface area contributed by atoms with Gasteiger partial charge in [0, 0.05) is 15.4 Å². The van der Waals surface area contributed by atoms with E-state index in [2.05, 4.69) is 33.9 Å². The smallest absolute Gasteiger partial charge is 0.252 e. The average molecular weight is 272 g/mol. The van der Waals surface area contributed by atoms with Crippen molar-refractivity contribution >= 4 is 34.5 Å². The molecule has 1 fully saturated rings. The van der Waals surface area contributed by atoms with Crippen molar-refractivity contribution in [1.82, 2.24) is 5.32 Å². The fourth-order valence-electron chi connectivity index (χ4n) is 1.19. The van der Waals surface area contributed by atoms with Crippen molar-refractivity contribution in [2.24, 2.45) is 0 Å². The third-order valence-corrected chi connectivity index (χ3v) is 2.98. The second kappa shape index (κ2) is 3.95. The van der Waals surface area contributed by atoms with Gasteiger partial charge in [-0.3, -0.25) is 4.79 Å². The van der Waals surface area contributed by atoms with Gasteiger partial charge in [0.1, 0.15) is 0 Å². The Bertz CT molecular complexity index is 376. The molecule has 0 aromatic heterocycles. The Hall–Kier alpha value is -0.480. The Labute approximate surface area is 96.6 Å². The highest BCUT2D eigenvalue weighted by atomic mass is 79.9. The molecule has 0 unspecified atom stereocenters. The molecule has 1 aromatic rings. The van der Waals surface area contributed by atoms with Crippen molar-refractivity contribution in [2.75, 3.05) is 0 Å². The molecular weight excluding hydrogens is 262 g/mol. The topological polar surface area (TPSA) is 29.1 Å². The summed E-state index contributed by atoms with van der Waals surface area (Å²) in [5.74, 6) is -0.0231. The average Bonchev–Trinajstić information content (AvgIpc) is 2.87. The SMILES string of the molecule is O=C(NC1CC1)c1ccc(Br)cc1S. The van der Waals surface area contributed by atoms with E-state index in [0.29, 0.717) is 16.5 Å². The maximum atomic E-state index is 11.7. The van der Waals surface area contributed by atoms with Crippen molar-refractivity contribution in [3.05, 3.63) is 28.2 Å². The lowest BCUT2D eigenvalue weighted by Crippen LogP contribution is -2.25. The molecule has 0 atom stereocenters. The zero-order chi connectivity index (χ0) is 10.1. The quantitative estimate of drug-likeness (QED) is 0.796. The normalized spacial score (nSPS) is 15.3. The molecule has 1 aromatic carbocycles. The highest BCUT2D eigenvalue weighted by Crippen LogP contribution is 2.23. The summed E-state index contributed by atoms with van der Waals surface area (Å²) in [6.45, 7) is 0. The van der Waals surface area contributed by atoms with Gasteiger partial charge < -0.3 is 5.32 Å². The van der Waals surface area contributed by atoms with E-state index in [4.69, 9.17) is 0 Å². The molecule has 14 heavy (non-hydrogen) atoms. The molecule has 0 saturated heterocycles. The number of amides is 1. The number of hydrogen-bond donors (Lipinski definition) is 2. The van der Waals surface area contributed by atoms with Crippen LogP contribution in [0.5, 0.6) is 0 Å². The largest absolute Gasteiger partial charge is 0.349 e. The van der Waals surface area contributed by atoms with Gasteiger partial charge in [0.05, 0.1) is 5.56 Å². The van der Waals surface area contributed by atoms with Crippen molar-refractivity contribution in [2.45, 2.75) is 23.8 Å². The van der Waals surface area contributed by atoms with Gasteiger partial charge in [-0.05, 0) is 31.0 Å². The number of halogens is 1. The van der Waals surface area contributed by atoms with Crippen molar-refractivity contribution < 1.29 is 4.79 Å². The molecule has 0 radical (unpaired) electrons. The highest BCUT2D eigenvalue weighted by Gasteiger charge is 2.24. The summed E-state index contributed by atoms with van der Waals surface area (Å²) >= 11 is 7.59. The summed E-state index contributed by atoms with van der Waals surface area (Å²) in [5.41, 5.74) is 0.642. The minimum atomic E-state index is -0.0231. The van der Waals surface area contributed by atoms with Gasteiger partial charge in [-0.1, -0.05) is 15.9 Å². The number of benzene rings is 1. The fourth-order valence-corrected chi connectivity index (χ4v) is 2.04. The van der Waals surface area contributed by atoms with Crippen LogP contribution in [0.1, 0.15) is 23.2 Å². The van der Waals surface area contributed by atoms with Crippen LogP contribution >= 0.6 is 28.6 Å². The summed E-state index contributed by atoms with van der Waals surface area (Å²) in [5, 5.41) is 2.93. The first-order valence-electron chi connectivity index (χ1n) is 4.46. The Kier molecular flexibility index (Phi) is 2.83. The molecule has 0 heterocycles. The lowest BCUT2D eigenvalue weighted by Gasteiger charge is -2.05. The second-order valence-electron chi connectivity index (χ2n) is 3.41. The molecule has 2 rings (SSSR count). The van der Waals surface area contributed by atoms with Crippen LogP contribution in [-0.4, -0.2) is 11.9 Å². The van der Waals surface area contributed by atoms with Crippen molar-refractivity contribution in [3.8, 4) is 0 Å². The van der Waals surface area contributed by atoms with Gasteiger partial charge >= 0.3 is 0 Å².